The van der Waals surface area contributed by atoms with E-state index in [1.165, 1.54) is 4.90 Å². The van der Waals surface area contributed by atoms with Crippen molar-refractivity contribution < 1.29 is 9.59 Å². The molecule has 5 heteroatoms. The Bertz CT molecular complexity index is 792. The molecule has 0 aliphatic heterocycles. The Morgan fingerprint density at radius 1 is 1.08 bits per heavy atom. The zero-order valence-electron chi connectivity index (χ0n) is 13.9. The van der Waals surface area contributed by atoms with Crippen LogP contribution in [-0.4, -0.2) is 18.9 Å². The summed E-state index contributed by atoms with van der Waals surface area (Å²) in [5.41, 5.74) is 0.392. The molecule has 2 amide bonds. The van der Waals surface area contributed by atoms with Gasteiger partial charge in [0.15, 0.2) is 0 Å². The number of para-hydroxylation sites is 1. The summed E-state index contributed by atoms with van der Waals surface area (Å²) < 4.78 is 0. The number of nitrogens with one attached hydrogen (secondary N) is 1. The first kappa shape index (κ1) is 17.2. The van der Waals surface area contributed by atoms with E-state index >= 15 is 0 Å². The summed E-state index contributed by atoms with van der Waals surface area (Å²) in [6, 6.07) is 17.7. The lowest BCUT2D eigenvalue weighted by molar-refractivity contribution is -0.136. The van der Waals surface area contributed by atoms with Crippen LogP contribution in [-0.2, 0) is 9.59 Å². The van der Waals surface area contributed by atoms with Crippen LogP contribution >= 0.6 is 0 Å². The summed E-state index contributed by atoms with van der Waals surface area (Å²) in [4.78, 5) is 26.8. The quantitative estimate of drug-likeness (QED) is 0.879. The molecule has 0 aromatic heterocycles. The molecule has 0 bridgehead atoms. The normalized spacial score (nSPS) is 10.6. The second-order valence-electron chi connectivity index (χ2n) is 5.97. The molecule has 1 N–H and O–H groups in total. The van der Waals surface area contributed by atoms with Crippen molar-refractivity contribution in [2.75, 3.05) is 17.3 Å². The molecule has 0 fully saturated rings. The van der Waals surface area contributed by atoms with E-state index in [0.717, 1.165) is 5.69 Å². The molecule has 0 unspecified atom stereocenters. The van der Waals surface area contributed by atoms with Crippen LogP contribution in [0.5, 0.6) is 0 Å². The van der Waals surface area contributed by atoms with E-state index in [0.29, 0.717) is 11.3 Å². The van der Waals surface area contributed by atoms with Crippen molar-refractivity contribution in [1.82, 2.24) is 0 Å². The van der Waals surface area contributed by atoms with E-state index in [1.54, 1.807) is 45.2 Å². The summed E-state index contributed by atoms with van der Waals surface area (Å²) in [7, 11) is 1.64. The van der Waals surface area contributed by atoms with E-state index in [1.807, 2.05) is 36.4 Å². The molecule has 0 heterocycles. The Kier molecular flexibility index (Phi) is 5.00. The molecular weight excluding hydrogens is 302 g/mol. The van der Waals surface area contributed by atoms with Crippen molar-refractivity contribution in [1.29, 1.82) is 5.26 Å². The number of hydrogen-bond donors (Lipinski definition) is 1. The van der Waals surface area contributed by atoms with Crippen LogP contribution in [0.15, 0.2) is 54.6 Å². The van der Waals surface area contributed by atoms with E-state index in [4.69, 9.17) is 5.26 Å². The molecule has 24 heavy (non-hydrogen) atoms. The average molecular weight is 321 g/mol. The number of amides is 2. The van der Waals surface area contributed by atoms with E-state index in [9.17, 15) is 9.59 Å². The van der Waals surface area contributed by atoms with Crippen LogP contribution in [0, 0.1) is 16.7 Å². The van der Waals surface area contributed by atoms with E-state index in [2.05, 4.69) is 5.32 Å². The maximum atomic E-state index is 12.7. The molecule has 0 saturated carbocycles. The second-order valence-corrected chi connectivity index (χ2v) is 5.97. The lowest BCUT2D eigenvalue weighted by Crippen LogP contribution is -2.46. The summed E-state index contributed by atoms with van der Waals surface area (Å²) in [6.45, 7) is 3.16. The zero-order valence-corrected chi connectivity index (χ0v) is 13.9. The van der Waals surface area contributed by atoms with Crippen molar-refractivity contribution >= 4 is 23.2 Å². The average Bonchev–Trinajstić information content (AvgIpc) is 2.61. The predicted molar refractivity (Wildman–Crippen MR) is 93.4 cm³/mol. The first-order valence-electron chi connectivity index (χ1n) is 7.51. The molecule has 0 radical (unpaired) electrons. The van der Waals surface area contributed by atoms with Crippen molar-refractivity contribution in [3.05, 3.63) is 60.2 Å². The molecule has 5 nitrogen and oxygen atoms in total. The Balaban J connectivity index is 2.17. The summed E-state index contributed by atoms with van der Waals surface area (Å²) in [5, 5.41) is 11.6. The third-order valence-electron chi connectivity index (χ3n) is 3.80. The number of anilines is 2. The van der Waals surface area contributed by atoms with Gasteiger partial charge in [0, 0.05) is 18.4 Å². The predicted octanol–water partition coefficient (Wildman–Crippen LogP) is 3.19. The van der Waals surface area contributed by atoms with Crippen LogP contribution in [0.25, 0.3) is 0 Å². The highest BCUT2D eigenvalue weighted by molar-refractivity contribution is 6.14. The Labute approximate surface area is 141 Å². The zero-order chi connectivity index (χ0) is 17.7. The first-order chi connectivity index (χ1) is 11.4. The summed E-state index contributed by atoms with van der Waals surface area (Å²) in [5.74, 6) is -0.743. The Hall–Kier alpha value is -3.13. The summed E-state index contributed by atoms with van der Waals surface area (Å²) in [6.07, 6.45) is 0. The van der Waals surface area contributed by atoms with Gasteiger partial charge in [0.25, 0.3) is 0 Å². The highest BCUT2D eigenvalue weighted by Crippen LogP contribution is 2.25. The van der Waals surface area contributed by atoms with Gasteiger partial charge in [-0.25, -0.2) is 0 Å². The minimum absolute atomic E-state index is 0.317. The topological polar surface area (TPSA) is 73.2 Å². The highest BCUT2D eigenvalue weighted by atomic mass is 16.2. The molecule has 0 atom stereocenters. The van der Waals surface area contributed by atoms with Crippen molar-refractivity contribution in [3.63, 3.8) is 0 Å². The van der Waals surface area contributed by atoms with Gasteiger partial charge in [-0.1, -0.05) is 24.3 Å². The number of hydrogen-bond acceptors (Lipinski definition) is 3. The highest BCUT2D eigenvalue weighted by Gasteiger charge is 2.38. The minimum Gasteiger partial charge on any atom is -0.325 e. The third kappa shape index (κ3) is 3.61. The molecule has 122 valence electrons. The van der Waals surface area contributed by atoms with Crippen LogP contribution in [0.3, 0.4) is 0 Å². The van der Waals surface area contributed by atoms with Crippen molar-refractivity contribution in [3.8, 4) is 6.07 Å². The molecule has 2 aromatic carbocycles. The van der Waals surface area contributed by atoms with Crippen LogP contribution in [0.4, 0.5) is 11.4 Å². The molecule has 2 rings (SSSR count). The molecule has 0 aliphatic rings. The Morgan fingerprint density at radius 3 is 2.38 bits per heavy atom. The fourth-order valence-electron chi connectivity index (χ4n) is 2.24. The minimum atomic E-state index is -1.26. The second kappa shape index (κ2) is 6.97. The maximum absolute atomic E-state index is 12.7. The number of benzene rings is 2. The molecule has 0 aliphatic carbocycles. The lowest BCUT2D eigenvalue weighted by atomic mass is 9.90. The van der Waals surface area contributed by atoms with E-state index in [-0.39, 0.29) is 5.91 Å². The number of carbonyl (C=O) groups excluding carboxylic acids is 2. The molecular formula is C19H19N3O2. The lowest BCUT2D eigenvalue weighted by Gasteiger charge is -2.28. The fraction of sp³-hybridized carbons (Fsp3) is 0.211. The molecule has 0 spiro atoms. The van der Waals surface area contributed by atoms with Gasteiger partial charge in [-0.2, -0.15) is 5.26 Å². The molecule has 2 aromatic rings. The number of carbonyl (C=O) groups is 2. The number of nitriles is 1. The Morgan fingerprint density at radius 2 is 1.75 bits per heavy atom. The van der Waals surface area contributed by atoms with Crippen molar-refractivity contribution in [2.45, 2.75) is 13.8 Å². The van der Waals surface area contributed by atoms with Gasteiger partial charge in [-0.3, -0.25) is 9.59 Å². The van der Waals surface area contributed by atoms with E-state index < -0.39 is 11.3 Å². The largest absolute Gasteiger partial charge is 0.325 e. The fourth-order valence-corrected chi connectivity index (χ4v) is 2.24. The summed E-state index contributed by atoms with van der Waals surface area (Å²) >= 11 is 0. The van der Waals surface area contributed by atoms with Crippen LogP contribution < -0.4 is 10.2 Å². The van der Waals surface area contributed by atoms with Gasteiger partial charge in [-0.15, -0.1) is 0 Å². The van der Waals surface area contributed by atoms with Crippen LogP contribution in [0.1, 0.15) is 19.4 Å². The van der Waals surface area contributed by atoms with Gasteiger partial charge >= 0.3 is 0 Å². The number of nitrogens with zero attached hydrogens (tertiary/aromatic N) is 2. The van der Waals surface area contributed by atoms with Gasteiger partial charge < -0.3 is 10.2 Å². The van der Waals surface area contributed by atoms with Crippen molar-refractivity contribution in [2.24, 2.45) is 5.41 Å². The molecule has 0 saturated heterocycles. The maximum Gasteiger partial charge on any atom is 0.241 e. The standard InChI is InChI=1S/C19H19N3O2/c1-19(2,18(24)22(3)16-10-5-4-6-11-16)17(23)21-15-9-7-8-14(12-15)13-20/h4-12H,1-3H3,(H,21,23). The SMILES string of the molecule is CN(C(=O)C(C)(C)C(=O)Nc1cccc(C#N)c1)c1ccccc1. The van der Waals surface area contributed by atoms with Crippen LogP contribution in [0.2, 0.25) is 0 Å². The number of rotatable bonds is 4. The van der Waals surface area contributed by atoms with Gasteiger partial charge in [0.1, 0.15) is 5.41 Å². The van der Waals surface area contributed by atoms with Gasteiger partial charge in [0.2, 0.25) is 11.8 Å². The smallest absolute Gasteiger partial charge is 0.241 e. The van der Waals surface area contributed by atoms with Gasteiger partial charge in [0.05, 0.1) is 11.6 Å². The first-order valence-corrected chi connectivity index (χ1v) is 7.51. The third-order valence-corrected chi connectivity index (χ3v) is 3.80. The van der Waals surface area contributed by atoms with Gasteiger partial charge in [-0.05, 0) is 44.2 Å². The monoisotopic (exact) mass is 321 g/mol.